The van der Waals surface area contributed by atoms with E-state index >= 15 is 0 Å². The molecule has 1 aromatic carbocycles. The first kappa shape index (κ1) is 19.6. The molecule has 8 nitrogen and oxygen atoms in total. The van der Waals surface area contributed by atoms with E-state index in [0.29, 0.717) is 24.3 Å². The number of fused-ring (bicyclic) bond motifs is 1. The number of benzene rings is 1. The smallest absolute Gasteiger partial charge is 0.297 e. The van der Waals surface area contributed by atoms with Crippen molar-refractivity contribution in [3.05, 3.63) is 45.9 Å². The molecule has 1 aliphatic carbocycles. The minimum Gasteiger partial charge on any atom is -0.387 e. The number of hydrogen-bond acceptors (Lipinski definition) is 7. The number of anilines is 1. The lowest BCUT2D eigenvalue weighted by Gasteiger charge is -2.43. The van der Waals surface area contributed by atoms with Crippen LogP contribution < -0.4 is 5.73 Å². The first-order valence-electron chi connectivity index (χ1n) is 8.63. The Hall–Kier alpha value is -1.76. The van der Waals surface area contributed by atoms with E-state index < -0.39 is 15.7 Å². The first-order valence-corrected chi connectivity index (χ1v) is 11.1. The summed E-state index contributed by atoms with van der Waals surface area (Å²) in [6, 6.07) is 6.39. The number of aryl methyl sites for hydroxylation is 1. The van der Waals surface area contributed by atoms with E-state index in [2.05, 4.69) is 32.6 Å². The third-order valence-electron chi connectivity index (χ3n) is 5.01. The molecule has 148 valence electrons. The lowest BCUT2D eigenvalue weighted by molar-refractivity contribution is -0.0931. The van der Waals surface area contributed by atoms with Gasteiger partial charge in [0.2, 0.25) is 0 Å². The molecule has 0 radical (unpaired) electrons. The average molecular weight is 514 g/mol. The standard InChI is InChI=1S/C18H19IN4O4S/c1-11-2-4-13(5-3-11)28(25,26)27-9-18(24)6-12(7-18)23-8-14(19)15-16(20)21-10-22-17(15)23/h2-5,8,10,12,24H,6-7,9H2,1H3,(H2,20,21,22). The van der Waals surface area contributed by atoms with Crippen molar-refractivity contribution in [3.8, 4) is 0 Å². The third kappa shape index (κ3) is 3.49. The molecule has 0 unspecified atom stereocenters. The van der Waals surface area contributed by atoms with Gasteiger partial charge in [-0.3, -0.25) is 4.18 Å². The van der Waals surface area contributed by atoms with Gasteiger partial charge in [-0.25, -0.2) is 9.97 Å². The summed E-state index contributed by atoms with van der Waals surface area (Å²) in [6.45, 7) is 1.59. The molecule has 0 saturated heterocycles. The van der Waals surface area contributed by atoms with Crippen LogP contribution in [0.4, 0.5) is 5.82 Å². The van der Waals surface area contributed by atoms with Crippen molar-refractivity contribution in [1.29, 1.82) is 0 Å². The highest BCUT2D eigenvalue weighted by Gasteiger charge is 2.45. The van der Waals surface area contributed by atoms with Crippen LogP contribution in [0, 0.1) is 10.5 Å². The van der Waals surface area contributed by atoms with Gasteiger partial charge in [0, 0.05) is 15.8 Å². The zero-order valence-electron chi connectivity index (χ0n) is 15.0. The molecule has 3 aromatic rings. The Morgan fingerprint density at radius 1 is 1.32 bits per heavy atom. The molecule has 4 rings (SSSR count). The Labute approximate surface area is 176 Å². The molecule has 2 aromatic heterocycles. The summed E-state index contributed by atoms with van der Waals surface area (Å²) in [7, 11) is -3.91. The largest absolute Gasteiger partial charge is 0.387 e. The lowest BCUT2D eigenvalue weighted by atomic mass is 9.76. The molecule has 0 spiro atoms. The Morgan fingerprint density at radius 3 is 2.68 bits per heavy atom. The van der Waals surface area contributed by atoms with Crippen LogP contribution in [0.25, 0.3) is 11.0 Å². The van der Waals surface area contributed by atoms with Crippen molar-refractivity contribution >= 4 is 49.6 Å². The number of halogens is 1. The summed E-state index contributed by atoms with van der Waals surface area (Å²) in [5.74, 6) is 0.412. The molecule has 1 fully saturated rings. The molecular formula is C18H19IN4O4S. The zero-order valence-corrected chi connectivity index (χ0v) is 18.0. The summed E-state index contributed by atoms with van der Waals surface area (Å²) in [5.41, 5.74) is 6.39. The molecule has 0 amide bonds. The predicted octanol–water partition coefficient (Wildman–Crippen LogP) is 2.40. The van der Waals surface area contributed by atoms with Gasteiger partial charge in [0.05, 0.1) is 22.5 Å². The van der Waals surface area contributed by atoms with Gasteiger partial charge in [-0.1, -0.05) is 17.7 Å². The fraction of sp³-hybridized carbons (Fsp3) is 0.333. The van der Waals surface area contributed by atoms with E-state index in [9.17, 15) is 13.5 Å². The van der Waals surface area contributed by atoms with Crippen LogP contribution in [0.3, 0.4) is 0 Å². The predicted molar refractivity (Wildman–Crippen MR) is 112 cm³/mol. The van der Waals surface area contributed by atoms with Crippen LogP contribution in [0.5, 0.6) is 0 Å². The Kier molecular flexibility index (Phi) is 4.84. The number of aromatic nitrogens is 3. The number of nitrogen functional groups attached to an aromatic ring is 1. The number of aliphatic hydroxyl groups is 1. The van der Waals surface area contributed by atoms with Crippen molar-refractivity contribution in [2.75, 3.05) is 12.3 Å². The third-order valence-corrected chi connectivity index (χ3v) is 7.10. The summed E-state index contributed by atoms with van der Waals surface area (Å²) in [4.78, 5) is 8.40. The van der Waals surface area contributed by atoms with E-state index in [1.54, 1.807) is 12.1 Å². The van der Waals surface area contributed by atoms with Crippen LogP contribution in [-0.4, -0.2) is 40.3 Å². The van der Waals surface area contributed by atoms with E-state index in [1.165, 1.54) is 18.5 Å². The van der Waals surface area contributed by atoms with Gasteiger partial charge in [-0.05, 0) is 54.5 Å². The molecule has 0 bridgehead atoms. The summed E-state index contributed by atoms with van der Waals surface area (Å²) < 4.78 is 32.7. The van der Waals surface area contributed by atoms with E-state index in [0.717, 1.165) is 14.5 Å². The maximum Gasteiger partial charge on any atom is 0.297 e. The SMILES string of the molecule is Cc1ccc(S(=O)(=O)OCC2(O)CC(n3cc(I)c4c(N)ncnc43)C2)cc1. The van der Waals surface area contributed by atoms with E-state index in [4.69, 9.17) is 9.92 Å². The van der Waals surface area contributed by atoms with Gasteiger partial charge >= 0.3 is 0 Å². The topological polar surface area (TPSA) is 120 Å². The first-order chi connectivity index (χ1) is 13.2. The summed E-state index contributed by atoms with van der Waals surface area (Å²) in [5, 5.41) is 11.5. The maximum absolute atomic E-state index is 12.3. The second-order valence-corrected chi connectivity index (χ2v) is 9.94. The summed E-state index contributed by atoms with van der Waals surface area (Å²) >= 11 is 2.18. The highest BCUT2D eigenvalue weighted by atomic mass is 127. The van der Waals surface area contributed by atoms with Crippen LogP contribution in [0.1, 0.15) is 24.4 Å². The second kappa shape index (κ2) is 6.94. The van der Waals surface area contributed by atoms with Gasteiger partial charge in [-0.15, -0.1) is 0 Å². The number of hydrogen-bond donors (Lipinski definition) is 2. The second-order valence-electron chi connectivity index (χ2n) is 7.16. The van der Waals surface area contributed by atoms with Crippen LogP contribution in [-0.2, 0) is 14.3 Å². The van der Waals surface area contributed by atoms with Crippen molar-refractivity contribution in [2.24, 2.45) is 0 Å². The molecule has 0 atom stereocenters. The zero-order chi connectivity index (χ0) is 20.1. The average Bonchev–Trinajstić information content (AvgIpc) is 2.96. The summed E-state index contributed by atoms with van der Waals surface area (Å²) in [6.07, 6.45) is 4.05. The highest BCUT2D eigenvalue weighted by molar-refractivity contribution is 14.1. The Morgan fingerprint density at radius 2 is 2.00 bits per heavy atom. The Bertz CT molecular complexity index is 1140. The molecule has 2 heterocycles. The molecule has 0 aliphatic heterocycles. The molecule has 10 heteroatoms. The highest BCUT2D eigenvalue weighted by Crippen LogP contribution is 2.44. The van der Waals surface area contributed by atoms with E-state index in [1.807, 2.05) is 17.7 Å². The fourth-order valence-electron chi connectivity index (χ4n) is 3.43. The van der Waals surface area contributed by atoms with Crippen molar-refractivity contribution in [2.45, 2.75) is 36.3 Å². The molecular weight excluding hydrogens is 495 g/mol. The number of nitrogens with two attached hydrogens (primary N) is 1. The van der Waals surface area contributed by atoms with Gasteiger partial charge < -0.3 is 15.4 Å². The van der Waals surface area contributed by atoms with Gasteiger partial charge in [0.25, 0.3) is 10.1 Å². The lowest BCUT2D eigenvalue weighted by Crippen LogP contribution is -2.48. The van der Waals surface area contributed by atoms with Crippen LogP contribution in [0.15, 0.2) is 41.7 Å². The molecule has 1 saturated carbocycles. The Balaban J connectivity index is 1.46. The van der Waals surface area contributed by atoms with Crippen molar-refractivity contribution < 1.29 is 17.7 Å². The molecule has 3 N–H and O–H groups in total. The normalized spacial score (nSPS) is 22.3. The fourth-order valence-corrected chi connectivity index (χ4v) is 5.23. The monoisotopic (exact) mass is 514 g/mol. The maximum atomic E-state index is 12.3. The van der Waals surface area contributed by atoms with Gasteiger partial charge in [0.15, 0.2) is 0 Å². The van der Waals surface area contributed by atoms with Crippen LogP contribution in [0.2, 0.25) is 0 Å². The molecule has 1 aliphatic rings. The van der Waals surface area contributed by atoms with Crippen molar-refractivity contribution in [1.82, 2.24) is 14.5 Å². The van der Waals surface area contributed by atoms with Gasteiger partial charge in [-0.2, -0.15) is 8.42 Å². The van der Waals surface area contributed by atoms with Crippen molar-refractivity contribution in [3.63, 3.8) is 0 Å². The van der Waals surface area contributed by atoms with Crippen LogP contribution >= 0.6 is 22.6 Å². The quantitative estimate of drug-likeness (QED) is 0.396. The number of rotatable bonds is 5. The minimum absolute atomic E-state index is 0.0176. The number of nitrogens with zero attached hydrogens (tertiary/aromatic N) is 3. The van der Waals surface area contributed by atoms with E-state index in [-0.39, 0.29) is 17.5 Å². The van der Waals surface area contributed by atoms with Gasteiger partial charge in [0.1, 0.15) is 17.8 Å². The minimum atomic E-state index is -3.91. The molecule has 28 heavy (non-hydrogen) atoms.